The van der Waals surface area contributed by atoms with E-state index in [1.165, 1.54) is 5.56 Å². The molecular weight excluding hydrogens is 364 g/mol. The second kappa shape index (κ2) is 9.32. The summed E-state index contributed by atoms with van der Waals surface area (Å²) >= 11 is 0. The predicted molar refractivity (Wildman–Crippen MR) is 114 cm³/mol. The third-order valence-electron chi connectivity index (χ3n) is 4.87. The van der Waals surface area contributed by atoms with Gasteiger partial charge in [-0.2, -0.15) is 0 Å². The minimum atomic E-state index is -0.612. The molecule has 1 aromatic heterocycles. The molecule has 0 saturated carbocycles. The van der Waals surface area contributed by atoms with Crippen molar-refractivity contribution in [1.29, 1.82) is 0 Å². The highest BCUT2D eigenvalue weighted by Crippen LogP contribution is 2.22. The number of aromatic nitrogens is 1. The fourth-order valence-corrected chi connectivity index (χ4v) is 3.20. The molecule has 5 nitrogen and oxygen atoms in total. The van der Waals surface area contributed by atoms with E-state index in [1.54, 1.807) is 6.07 Å². The molecular formula is C24H26N2O3. The van der Waals surface area contributed by atoms with Gasteiger partial charge in [-0.1, -0.05) is 69.3 Å². The van der Waals surface area contributed by atoms with E-state index in [1.807, 2.05) is 56.3 Å². The predicted octanol–water partition coefficient (Wildman–Crippen LogP) is 4.47. The van der Waals surface area contributed by atoms with Crippen LogP contribution < -0.4 is 5.32 Å². The van der Waals surface area contributed by atoms with Crippen molar-refractivity contribution in [3.63, 3.8) is 0 Å². The Morgan fingerprint density at radius 1 is 1.00 bits per heavy atom. The quantitative estimate of drug-likeness (QED) is 0.605. The van der Waals surface area contributed by atoms with Gasteiger partial charge in [0.15, 0.2) is 6.61 Å². The second-order valence-corrected chi connectivity index (χ2v) is 7.35. The first-order chi connectivity index (χ1) is 14.0. The third kappa shape index (κ3) is 5.19. The maximum atomic E-state index is 12.4. The Morgan fingerprint density at radius 3 is 2.41 bits per heavy atom. The standard InChI is InChI=1S/C24H26N2O3/c1-4-17-9-11-19(12-10-17)23(16(2)3)26-22(27)15-29-24(28)21-14-13-18-7-5-6-8-20(18)25-21/h5-14,16,23H,4,15H2,1-3H3,(H,26,27)/t23-/m1/s1. The van der Waals surface area contributed by atoms with Crippen LogP contribution in [0.3, 0.4) is 0 Å². The highest BCUT2D eigenvalue weighted by atomic mass is 16.5. The fraction of sp³-hybridized carbons (Fsp3) is 0.292. The molecule has 3 aromatic rings. The highest BCUT2D eigenvalue weighted by Gasteiger charge is 2.20. The van der Waals surface area contributed by atoms with Crippen LogP contribution >= 0.6 is 0 Å². The highest BCUT2D eigenvalue weighted by molar-refractivity contribution is 5.92. The number of fused-ring (bicyclic) bond motifs is 1. The molecule has 1 atom stereocenters. The lowest BCUT2D eigenvalue weighted by atomic mass is 9.95. The number of carbonyl (C=O) groups excluding carboxylic acids is 2. The molecule has 5 heteroatoms. The number of esters is 1. The SMILES string of the molecule is CCc1ccc([C@H](NC(=O)COC(=O)c2ccc3ccccc3n2)C(C)C)cc1. The summed E-state index contributed by atoms with van der Waals surface area (Å²) in [5.41, 5.74) is 3.18. The maximum Gasteiger partial charge on any atom is 0.357 e. The van der Waals surface area contributed by atoms with E-state index in [0.717, 1.165) is 17.4 Å². The lowest BCUT2D eigenvalue weighted by Crippen LogP contribution is -2.35. The number of benzene rings is 2. The van der Waals surface area contributed by atoms with Crippen LogP contribution in [0.1, 0.15) is 48.4 Å². The minimum Gasteiger partial charge on any atom is -0.451 e. The van der Waals surface area contributed by atoms with Gasteiger partial charge in [-0.15, -0.1) is 0 Å². The first-order valence-electron chi connectivity index (χ1n) is 9.89. The molecule has 1 N–H and O–H groups in total. The minimum absolute atomic E-state index is 0.147. The topological polar surface area (TPSA) is 68.3 Å². The van der Waals surface area contributed by atoms with Crippen LogP contribution in [0.2, 0.25) is 0 Å². The smallest absolute Gasteiger partial charge is 0.357 e. The number of para-hydroxylation sites is 1. The number of carbonyl (C=O) groups is 2. The summed E-state index contributed by atoms with van der Waals surface area (Å²) in [4.78, 5) is 29.0. The van der Waals surface area contributed by atoms with Gasteiger partial charge in [0.1, 0.15) is 5.69 Å². The van der Waals surface area contributed by atoms with E-state index < -0.39 is 5.97 Å². The van der Waals surface area contributed by atoms with Crippen molar-refractivity contribution in [2.24, 2.45) is 5.92 Å². The molecule has 0 bridgehead atoms. The number of amides is 1. The lowest BCUT2D eigenvalue weighted by molar-refractivity contribution is -0.125. The van der Waals surface area contributed by atoms with Crippen molar-refractivity contribution < 1.29 is 14.3 Å². The summed E-state index contributed by atoms with van der Waals surface area (Å²) in [6.45, 7) is 5.85. The molecule has 0 saturated heterocycles. The van der Waals surface area contributed by atoms with Crippen LogP contribution in [0.4, 0.5) is 0 Å². The van der Waals surface area contributed by atoms with Gasteiger partial charge in [-0.05, 0) is 35.6 Å². The van der Waals surface area contributed by atoms with Gasteiger partial charge in [0, 0.05) is 5.39 Å². The summed E-state index contributed by atoms with van der Waals surface area (Å²) in [5.74, 6) is -0.749. The van der Waals surface area contributed by atoms with E-state index in [-0.39, 0.29) is 30.2 Å². The molecule has 0 aliphatic heterocycles. The van der Waals surface area contributed by atoms with E-state index >= 15 is 0 Å². The molecule has 29 heavy (non-hydrogen) atoms. The van der Waals surface area contributed by atoms with Gasteiger partial charge in [0.2, 0.25) is 0 Å². The van der Waals surface area contributed by atoms with Gasteiger partial charge in [0.25, 0.3) is 5.91 Å². The monoisotopic (exact) mass is 390 g/mol. The van der Waals surface area contributed by atoms with Crippen LogP contribution in [0.25, 0.3) is 10.9 Å². The summed E-state index contributed by atoms with van der Waals surface area (Å²) < 4.78 is 5.18. The van der Waals surface area contributed by atoms with Crippen LogP contribution in [0.5, 0.6) is 0 Å². The maximum absolute atomic E-state index is 12.4. The van der Waals surface area contributed by atoms with Crippen LogP contribution in [0.15, 0.2) is 60.7 Å². The van der Waals surface area contributed by atoms with Crippen molar-refractivity contribution >= 4 is 22.8 Å². The number of pyridine rings is 1. The molecule has 0 unspecified atom stereocenters. The molecule has 1 heterocycles. The fourth-order valence-electron chi connectivity index (χ4n) is 3.20. The Kier molecular flexibility index (Phi) is 6.60. The van der Waals surface area contributed by atoms with E-state index in [2.05, 4.69) is 29.4 Å². The van der Waals surface area contributed by atoms with Crippen molar-refractivity contribution in [1.82, 2.24) is 10.3 Å². The van der Waals surface area contributed by atoms with Crippen LogP contribution in [0, 0.1) is 5.92 Å². The van der Waals surface area contributed by atoms with Gasteiger partial charge in [-0.25, -0.2) is 9.78 Å². The normalized spacial score (nSPS) is 12.0. The van der Waals surface area contributed by atoms with Crippen LogP contribution in [-0.4, -0.2) is 23.5 Å². The van der Waals surface area contributed by atoms with Crippen molar-refractivity contribution in [2.45, 2.75) is 33.2 Å². The van der Waals surface area contributed by atoms with Crippen LogP contribution in [-0.2, 0) is 16.0 Å². The zero-order valence-corrected chi connectivity index (χ0v) is 17.0. The van der Waals surface area contributed by atoms with Gasteiger partial charge in [0.05, 0.1) is 11.6 Å². The molecule has 0 aliphatic rings. The Hall–Kier alpha value is -3.21. The third-order valence-corrected chi connectivity index (χ3v) is 4.87. The Balaban J connectivity index is 1.61. The zero-order valence-electron chi connectivity index (χ0n) is 17.0. The summed E-state index contributed by atoms with van der Waals surface area (Å²) in [6.07, 6.45) is 0.970. The van der Waals surface area contributed by atoms with E-state index in [9.17, 15) is 9.59 Å². The first kappa shape index (κ1) is 20.5. The number of hydrogen-bond donors (Lipinski definition) is 1. The zero-order chi connectivity index (χ0) is 20.8. The number of hydrogen-bond acceptors (Lipinski definition) is 4. The van der Waals surface area contributed by atoms with E-state index in [0.29, 0.717) is 5.52 Å². The largest absolute Gasteiger partial charge is 0.451 e. The Bertz CT molecular complexity index is 996. The molecule has 3 rings (SSSR count). The molecule has 0 fully saturated rings. The molecule has 1 amide bonds. The number of rotatable bonds is 7. The van der Waals surface area contributed by atoms with Gasteiger partial charge < -0.3 is 10.1 Å². The average molecular weight is 390 g/mol. The number of ether oxygens (including phenoxy) is 1. The average Bonchev–Trinajstić information content (AvgIpc) is 2.75. The van der Waals surface area contributed by atoms with Gasteiger partial charge >= 0.3 is 5.97 Å². The second-order valence-electron chi connectivity index (χ2n) is 7.35. The lowest BCUT2D eigenvalue weighted by Gasteiger charge is -2.23. The molecule has 0 aliphatic carbocycles. The Labute approximate surface area is 171 Å². The molecule has 2 aromatic carbocycles. The number of nitrogens with zero attached hydrogens (tertiary/aromatic N) is 1. The van der Waals surface area contributed by atoms with Crippen molar-refractivity contribution in [2.75, 3.05) is 6.61 Å². The summed E-state index contributed by atoms with van der Waals surface area (Å²) in [5, 5.41) is 3.91. The van der Waals surface area contributed by atoms with Crippen molar-refractivity contribution in [3.05, 3.63) is 77.5 Å². The first-order valence-corrected chi connectivity index (χ1v) is 9.89. The van der Waals surface area contributed by atoms with Gasteiger partial charge in [-0.3, -0.25) is 4.79 Å². The molecule has 0 spiro atoms. The molecule has 0 radical (unpaired) electrons. The Morgan fingerprint density at radius 2 is 1.72 bits per heavy atom. The number of aryl methyl sites for hydroxylation is 1. The summed E-state index contributed by atoms with van der Waals surface area (Å²) in [7, 11) is 0. The summed E-state index contributed by atoms with van der Waals surface area (Å²) in [6, 6.07) is 19.0. The molecule has 150 valence electrons. The van der Waals surface area contributed by atoms with Crippen molar-refractivity contribution in [3.8, 4) is 0 Å². The van der Waals surface area contributed by atoms with E-state index in [4.69, 9.17) is 4.74 Å². The number of nitrogens with one attached hydrogen (secondary N) is 1.